The van der Waals surface area contributed by atoms with Gasteiger partial charge in [-0.15, -0.1) is 0 Å². The zero-order chi connectivity index (χ0) is 13.9. The molecular formula is C16H14FN3. The predicted molar refractivity (Wildman–Crippen MR) is 78.0 cm³/mol. The van der Waals surface area contributed by atoms with Crippen molar-refractivity contribution >= 4 is 16.6 Å². The first kappa shape index (κ1) is 12.5. The number of benzene rings is 2. The smallest absolute Gasteiger partial charge is 0.123 e. The van der Waals surface area contributed by atoms with Crippen LogP contribution < -0.4 is 5.32 Å². The van der Waals surface area contributed by atoms with Crippen molar-refractivity contribution in [3.8, 4) is 0 Å². The summed E-state index contributed by atoms with van der Waals surface area (Å²) in [7, 11) is 0. The fourth-order valence-corrected chi connectivity index (χ4v) is 2.19. The van der Waals surface area contributed by atoms with Crippen LogP contribution in [0.5, 0.6) is 0 Å². The molecule has 1 N–H and O–H groups in total. The lowest BCUT2D eigenvalue weighted by Gasteiger charge is -2.16. The number of hydrogen-bond acceptors (Lipinski definition) is 3. The number of halogens is 1. The average Bonchev–Trinajstić information content (AvgIpc) is 2.48. The van der Waals surface area contributed by atoms with Gasteiger partial charge in [0.1, 0.15) is 5.82 Å². The molecular weight excluding hydrogens is 253 g/mol. The predicted octanol–water partition coefficient (Wildman–Crippen LogP) is 3.94. The number of hydrogen-bond donors (Lipinski definition) is 1. The van der Waals surface area contributed by atoms with Gasteiger partial charge in [-0.1, -0.05) is 30.3 Å². The van der Waals surface area contributed by atoms with Gasteiger partial charge in [-0.2, -0.15) is 10.2 Å². The van der Waals surface area contributed by atoms with Crippen LogP contribution in [0.15, 0.2) is 54.7 Å². The SMILES string of the molecule is CC(Nc1cnnc2ccccc12)c1ccc(F)cc1. The van der Waals surface area contributed by atoms with Crippen molar-refractivity contribution < 1.29 is 4.39 Å². The summed E-state index contributed by atoms with van der Waals surface area (Å²) >= 11 is 0. The molecule has 1 aromatic heterocycles. The molecule has 1 unspecified atom stereocenters. The third-order valence-corrected chi connectivity index (χ3v) is 3.29. The molecule has 2 aromatic carbocycles. The number of fused-ring (bicyclic) bond motifs is 1. The van der Waals surface area contributed by atoms with Gasteiger partial charge in [0.15, 0.2) is 0 Å². The maximum Gasteiger partial charge on any atom is 0.123 e. The van der Waals surface area contributed by atoms with E-state index >= 15 is 0 Å². The van der Waals surface area contributed by atoms with Gasteiger partial charge in [-0.05, 0) is 30.7 Å². The highest BCUT2D eigenvalue weighted by atomic mass is 19.1. The second-order valence-corrected chi connectivity index (χ2v) is 4.69. The van der Waals surface area contributed by atoms with Crippen molar-refractivity contribution in [2.75, 3.05) is 5.32 Å². The monoisotopic (exact) mass is 267 g/mol. The molecule has 3 aromatic rings. The molecule has 0 fully saturated rings. The van der Waals surface area contributed by atoms with Crippen LogP contribution in [0, 0.1) is 5.82 Å². The highest BCUT2D eigenvalue weighted by Gasteiger charge is 2.08. The van der Waals surface area contributed by atoms with Gasteiger partial charge < -0.3 is 5.32 Å². The van der Waals surface area contributed by atoms with E-state index in [4.69, 9.17) is 0 Å². The van der Waals surface area contributed by atoms with Gasteiger partial charge in [0.2, 0.25) is 0 Å². The molecule has 1 heterocycles. The van der Waals surface area contributed by atoms with Crippen LogP contribution in [0.1, 0.15) is 18.5 Å². The third kappa shape index (κ3) is 2.45. The Bertz CT molecular complexity index is 720. The zero-order valence-corrected chi connectivity index (χ0v) is 11.0. The van der Waals surface area contributed by atoms with Gasteiger partial charge in [0, 0.05) is 11.4 Å². The van der Waals surface area contributed by atoms with Gasteiger partial charge >= 0.3 is 0 Å². The van der Waals surface area contributed by atoms with Gasteiger partial charge in [0.05, 0.1) is 17.4 Å². The van der Waals surface area contributed by atoms with Crippen molar-refractivity contribution in [2.24, 2.45) is 0 Å². The van der Waals surface area contributed by atoms with Crippen molar-refractivity contribution in [3.63, 3.8) is 0 Å². The first-order chi connectivity index (χ1) is 9.74. The van der Waals surface area contributed by atoms with E-state index in [9.17, 15) is 4.39 Å². The Kier molecular flexibility index (Phi) is 3.29. The first-order valence-corrected chi connectivity index (χ1v) is 6.46. The minimum absolute atomic E-state index is 0.0585. The molecule has 0 amide bonds. The molecule has 0 aliphatic carbocycles. The largest absolute Gasteiger partial charge is 0.377 e. The lowest BCUT2D eigenvalue weighted by atomic mass is 10.1. The fraction of sp³-hybridized carbons (Fsp3) is 0.125. The number of nitrogens with zero attached hydrogens (tertiary/aromatic N) is 2. The molecule has 100 valence electrons. The molecule has 0 saturated carbocycles. The van der Waals surface area contributed by atoms with Crippen LogP contribution in [0.25, 0.3) is 10.9 Å². The molecule has 0 saturated heterocycles. The van der Waals surface area contributed by atoms with Crippen molar-refractivity contribution in [3.05, 3.63) is 66.1 Å². The summed E-state index contributed by atoms with van der Waals surface area (Å²) < 4.78 is 12.9. The van der Waals surface area contributed by atoms with E-state index in [1.807, 2.05) is 31.2 Å². The molecule has 3 rings (SSSR count). The second kappa shape index (κ2) is 5.25. The van der Waals surface area contributed by atoms with Crippen LogP contribution >= 0.6 is 0 Å². The second-order valence-electron chi connectivity index (χ2n) is 4.69. The van der Waals surface area contributed by atoms with Crippen molar-refractivity contribution in [1.29, 1.82) is 0 Å². The lowest BCUT2D eigenvalue weighted by Crippen LogP contribution is -2.07. The van der Waals surface area contributed by atoms with Crippen LogP contribution in [0.3, 0.4) is 0 Å². The summed E-state index contributed by atoms with van der Waals surface area (Å²) in [6, 6.07) is 14.4. The maximum atomic E-state index is 12.9. The fourth-order valence-electron chi connectivity index (χ4n) is 2.19. The molecule has 0 aliphatic rings. The van der Waals surface area contributed by atoms with E-state index in [1.165, 1.54) is 12.1 Å². The van der Waals surface area contributed by atoms with E-state index in [-0.39, 0.29) is 11.9 Å². The van der Waals surface area contributed by atoms with E-state index < -0.39 is 0 Å². The minimum atomic E-state index is -0.225. The highest BCUT2D eigenvalue weighted by Crippen LogP contribution is 2.24. The molecule has 3 nitrogen and oxygen atoms in total. The summed E-state index contributed by atoms with van der Waals surface area (Å²) in [5.41, 5.74) is 2.79. The van der Waals surface area contributed by atoms with Crippen LogP contribution in [0.4, 0.5) is 10.1 Å². The van der Waals surface area contributed by atoms with Crippen LogP contribution in [0.2, 0.25) is 0 Å². The Balaban J connectivity index is 1.91. The van der Waals surface area contributed by atoms with Crippen LogP contribution in [-0.4, -0.2) is 10.2 Å². The van der Waals surface area contributed by atoms with E-state index in [0.29, 0.717) is 0 Å². The summed E-state index contributed by atoms with van der Waals surface area (Å²) in [5, 5.41) is 12.5. The van der Waals surface area contributed by atoms with Crippen molar-refractivity contribution in [2.45, 2.75) is 13.0 Å². The Morgan fingerprint density at radius 1 is 1.05 bits per heavy atom. The number of anilines is 1. The highest BCUT2D eigenvalue weighted by molar-refractivity contribution is 5.90. The third-order valence-electron chi connectivity index (χ3n) is 3.29. The maximum absolute atomic E-state index is 12.9. The number of rotatable bonds is 3. The standard InChI is InChI=1S/C16H14FN3/c1-11(12-6-8-13(17)9-7-12)19-16-10-18-20-15-5-3-2-4-14(15)16/h2-11H,1H3,(H,19,20). The van der Waals surface area contributed by atoms with Gasteiger partial charge in [-0.25, -0.2) is 4.39 Å². The molecule has 20 heavy (non-hydrogen) atoms. The van der Waals surface area contributed by atoms with Gasteiger partial charge in [0.25, 0.3) is 0 Å². The molecule has 0 bridgehead atoms. The van der Waals surface area contributed by atoms with Crippen LogP contribution in [-0.2, 0) is 0 Å². The average molecular weight is 267 g/mol. The molecule has 0 spiro atoms. The topological polar surface area (TPSA) is 37.8 Å². The number of nitrogens with one attached hydrogen (secondary N) is 1. The summed E-state index contributed by atoms with van der Waals surface area (Å²) in [5.74, 6) is -0.225. The summed E-state index contributed by atoms with van der Waals surface area (Å²) in [6.45, 7) is 2.03. The Labute approximate surface area is 116 Å². The quantitative estimate of drug-likeness (QED) is 0.781. The van der Waals surface area contributed by atoms with E-state index in [1.54, 1.807) is 18.3 Å². The molecule has 0 radical (unpaired) electrons. The Hall–Kier alpha value is -2.49. The molecule has 1 atom stereocenters. The Morgan fingerprint density at radius 2 is 1.80 bits per heavy atom. The normalized spacial score (nSPS) is 12.3. The van der Waals surface area contributed by atoms with Crippen molar-refractivity contribution in [1.82, 2.24) is 10.2 Å². The lowest BCUT2D eigenvalue weighted by molar-refractivity contribution is 0.626. The number of aromatic nitrogens is 2. The summed E-state index contributed by atoms with van der Waals surface area (Å²) in [4.78, 5) is 0. The minimum Gasteiger partial charge on any atom is -0.377 e. The van der Waals surface area contributed by atoms with E-state index in [2.05, 4.69) is 15.5 Å². The molecule has 0 aliphatic heterocycles. The van der Waals surface area contributed by atoms with E-state index in [0.717, 1.165) is 22.2 Å². The van der Waals surface area contributed by atoms with Gasteiger partial charge in [-0.3, -0.25) is 0 Å². The molecule has 4 heteroatoms. The Morgan fingerprint density at radius 3 is 2.60 bits per heavy atom. The summed E-state index contributed by atoms with van der Waals surface area (Å²) in [6.07, 6.45) is 1.71. The first-order valence-electron chi connectivity index (χ1n) is 6.46. The zero-order valence-electron chi connectivity index (χ0n) is 11.0.